The molecule has 0 saturated carbocycles. The largest absolute Gasteiger partial charge is 0.449 e. The molecule has 2 atom stereocenters. The average molecular weight is 289 g/mol. The Balaban J connectivity index is 0. The van der Waals surface area contributed by atoms with Gasteiger partial charge in [0.25, 0.3) is 0 Å². The van der Waals surface area contributed by atoms with Crippen LogP contribution in [0.1, 0.15) is 46.5 Å². The van der Waals surface area contributed by atoms with Crippen LogP contribution >= 0.6 is 12.6 Å². The van der Waals surface area contributed by atoms with Crippen LogP contribution in [-0.4, -0.2) is 30.8 Å². The van der Waals surface area contributed by atoms with Crippen LogP contribution in [0.25, 0.3) is 0 Å². The van der Waals surface area contributed by atoms with E-state index in [-0.39, 0.29) is 12.1 Å². The number of allylic oxidation sites excluding steroid dienone is 1. The number of nitrogens with one attached hydrogen (secondary N) is 1. The zero-order valence-corrected chi connectivity index (χ0v) is 13.3. The Bertz CT molecular complexity index is 257. The summed E-state index contributed by atoms with van der Waals surface area (Å²) in [4.78, 5) is 19.6. The van der Waals surface area contributed by atoms with Crippen molar-refractivity contribution in [3.05, 3.63) is 12.2 Å². The summed E-state index contributed by atoms with van der Waals surface area (Å²) in [7, 11) is 1.89. The quantitative estimate of drug-likeness (QED) is 0.354. The van der Waals surface area contributed by atoms with Gasteiger partial charge in [0.05, 0.1) is 0 Å². The lowest BCUT2D eigenvalue weighted by atomic mass is 9.99. The number of aldehydes is 1. The van der Waals surface area contributed by atoms with Crippen molar-refractivity contribution in [1.82, 2.24) is 5.32 Å². The monoisotopic (exact) mass is 289 g/mol. The van der Waals surface area contributed by atoms with E-state index in [9.17, 15) is 4.79 Å². The van der Waals surface area contributed by atoms with E-state index in [1.54, 1.807) is 0 Å². The van der Waals surface area contributed by atoms with Gasteiger partial charge in [-0.3, -0.25) is 0 Å². The SMILES string of the molecule is CC.CC=O.CNC1CCCC/C=C/C1OC(=O)S. The minimum atomic E-state index is -0.513. The second-order valence-electron chi connectivity index (χ2n) is 3.69. The van der Waals surface area contributed by atoms with Crippen molar-refractivity contribution in [1.29, 1.82) is 0 Å². The predicted molar refractivity (Wildman–Crippen MR) is 82.8 cm³/mol. The summed E-state index contributed by atoms with van der Waals surface area (Å²) >= 11 is 3.63. The molecule has 0 spiro atoms. The van der Waals surface area contributed by atoms with E-state index in [1.807, 2.05) is 27.0 Å². The molecule has 0 fully saturated rings. The number of carbonyl (C=O) groups is 2. The highest BCUT2D eigenvalue weighted by molar-refractivity contribution is 7.96. The van der Waals surface area contributed by atoms with E-state index in [4.69, 9.17) is 9.53 Å². The third kappa shape index (κ3) is 12.0. The molecule has 1 aliphatic rings. The minimum absolute atomic E-state index is 0.176. The molecule has 0 heterocycles. The Kier molecular flexibility index (Phi) is 16.5. The Morgan fingerprint density at radius 2 is 2.00 bits per heavy atom. The highest BCUT2D eigenvalue weighted by Gasteiger charge is 2.20. The number of ether oxygens (including phenoxy) is 1. The third-order valence-electron chi connectivity index (χ3n) is 2.47. The van der Waals surface area contributed by atoms with E-state index in [1.165, 1.54) is 13.3 Å². The number of likely N-dealkylation sites (N-methyl/N-ethyl adjacent to an activating group) is 1. The molecule has 0 radical (unpaired) electrons. The maximum atomic E-state index is 10.8. The van der Waals surface area contributed by atoms with E-state index in [0.717, 1.165) is 25.5 Å². The van der Waals surface area contributed by atoms with Crippen molar-refractivity contribution in [3.63, 3.8) is 0 Å². The molecular formula is C14H27NO3S. The summed E-state index contributed by atoms with van der Waals surface area (Å²) in [6, 6.07) is 0.211. The Morgan fingerprint density at radius 1 is 1.42 bits per heavy atom. The van der Waals surface area contributed by atoms with E-state index in [0.29, 0.717) is 0 Å². The molecule has 1 N–H and O–H groups in total. The average Bonchev–Trinajstić information content (AvgIpc) is 2.36. The Labute approximate surface area is 122 Å². The van der Waals surface area contributed by atoms with Crippen LogP contribution in [0.2, 0.25) is 0 Å². The van der Waals surface area contributed by atoms with Crippen LogP contribution < -0.4 is 5.32 Å². The summed E-state index contributed by atoms with van der Waals surface area (Å²) in [5.74, 6) is 0. The van der Waals surface area contributed by atoms with Crippen molar-refractivity contribution in [2.45, 2.75) is 58.6 Å². The molecule has 1 rings (SSSR count). The van der Waals surface area contributed by atoms with Crippen molar-refractivity contribution in [3.8, 4) is 0 Å². The van der Waals surface area contributed by atoms with Crippen molar-refractivity contribution in [2.24, 2.45) is 0 Å². The van der Waals surface area contributed by atoms with Gasteiger partial charge < -0.3 is 14.8 Å². The molecule has 0 bridgehead atoms. The lowest BCUT2D eigenvalue weighted by Crippen LogP contribution is -2.39. The van der Waals surface area contributed by atoms with Gasteiger partial charge in [-0.2, -0.15) is 0 Å². The maximum absolute atomic E-state index is 10.8. The number of rotatable bonds is 2. The van der Waals surface area contributed by atoms with Crippen LogP contribution in [0.15, 0.2) is 12.2 Å². The van der Waals surface area contributed by atoms with Gasteiger partial charge in [0.1, 0.15) is 12.4 Å². The first kappa shape index (κ1) is 20.5. The molecule has 2 unspecified atom stereocenters. The number of hydrogen-bond donors (Lipinski definition) is 2. The van der Waals surface area contributed by atoms with Crippen molar-refractivity contribution < 1.29 is 14.3 Å². The van der Waals surface area contributed by atoms with Crippen molar-refractivity contribution >= 4 is 24.2 Å². The molecule has 5 heteroatoms. The fourth-order valence-corrected chi connectivity index (χ4v) is 1.82. The van der Waals surface area contributed by atoms with Gasteiger partial charge >= 0.3 is 5.30 Å². The summed E-state index contributed by atoms with van der Waals surface area (Å²) < 4.78 is 5.11. The van der Waals surface area contributed by atoms with Gasteiger partial charge in [0.2, 0.25) is 0 Å². The zero-order valence-electron chi connectivity index (χ0n) is 12.4. The summed E-state index contributed by atoms with van der Waals surface area (Å²) in [5, 5.41) is 2.65. The number of hydrogen-bond acceptors (Lipinski definition) is 4. The normalized spacial score (nSPS) is 23.2. The van der Waals surface area contributed by atoms with Gasteiger partial charge in [-0.15, -0.1) is 0 Å². The first-order chi connectivity index (χ1) is 9.15. The van der Waals surface area contributed by atoms with Crippen molar-refractivity contribution in [2.75, 3.05) is 7.05 Å². The van der Waals surface area contributed by atoms with E-state index in [2.05, 4.69) is 24.0 Å². The van der Waals surface area contributed by atoms with Crippen LogP contribution in [-0.2, 0) is 9.53 Å². The lowest BCUT2D eigenvalue weighted by Gasteiger charge is -2.25. The first-order valence-electron chi connectivity index (χ1n) is 6.79. The van der Waals surface area contributed by atoms with Gasteiger partial charge in [0, 0.05) is 6.04 Å². The zero-order chi connectivity index (χ0) is 15.1. The van der Waals surface area contributed by atoms with E-state index >= 15 is 0 Å². The van der Waals surface area contributed by atoms with E-state index < -0.39 is 5.30 Å². The fourth-order valence-electron chi connectivity index (χ4n) is 1.70. The minimum Gasteiger partial charge on any atom is -0.449 e. The van der Waals surface area contributed by atoms with Crippen LogP contribution in [0.3, 0.4) is 0 Å². The molecule has 19 heavy (non-hydrogen) atoms. The molecule has 0 aliphatic heterocycles. The first-order valence-corrected chi connectivity index (χ1v) is 7.23. The van der Waals surface area contributed by atoms with Crippen LogP contribution in [0.5, 0.6) is 0 Å². The summed E-state index contributed by atoms with van der Waals surface area (Å²) in [6.07, 6.45) is 9.07. The smallest absolute Gasteiger partial charge is 0.364 e. The second kappa shape index (κ2) is 15.2. The standard InChI is InChI=1S/C10H17NO2S.C2H4O.C2H6/c1-11-8-6-4-2-3-5-7-9(8)13-10(12)14;1-2-3;1-2/h5,7-9,11H,2-4,6H2,1H3,(H,12,14);2H,1H3;1-2H3/b7-5+;;. The summed E-state index contributed by atoms with van der Waals surface area (Å²) in [5.41, 5.74) is 0. The molecule has 0 aromatic heterocycles. The molecule has 0 amide bonds. The molecular weight excluding hydrogens is 262 g/mol. The van der Waals surface area contributed by atoms with Gasteiger partial charge in [-0.1, -0.05) is 39.0 Å². The summed E-state index contributed by atoms with van der Waals surface area (Å²) in [6.45, 7) is 5.44. The highest BCUT2D eigenvalue weighted by Crippen LogP contribution is 2.15. The topological polar surface area (TPSA) is 55.4 Å². The molecule has 0 aromatic carbocycles. The Morgan fingerprint density at radius 3 is 2.47 bits per heavy atom. The third-order valence-corrected chi connectivity index (χ3v) is 2.57. The molecule has 1 aliphatic carbocycles. The van der Waals surface area contributed by atoms with Gasteiger partial charge in [0.15, 0.2) is 0 Å². The molecule has 0 aromatic rings. The predicted octanol–water partition coefficient (Wildman–Crippen LogP) is 3.37. The number of carbonyl (C=O) groups excluding carboxylic acids is 2. The Hall–Kier alpha value is -0.810. The second-order valence-corrected chi connectivity index (χ2v) is 4.06. The number of thiol groups is 1. The molecule has 0 saturated heterocycles. The fraction of sp³-hybridized carbons (Fsp3) is 0.714. The molecule has 4 nitrogen and oxygen atoms in total. The molecule has 112 valence electrons. The van der Waals surface area contributed by atoms with Crippen LogP contribution in [0.4, 0.5) is 4.79 Å². The highest BCUT2D eigenvalue weighted by atomic mass is 32.1. The lowest BCUT2D eigenvalue weighted by molar-refractivity contribution is -0.106. The van der Waals surface area contributed by atoms with Gasteiger partial charge in [-0.25, -0.2) is 4.79 Å². The van der Waals surface area contributed by atoms with Gasteiger partial charge in [-0.05, 0) is 39.3 Å². The maximum Gasteiger partial charge on any atom is 0.364 e. The van der Waals surface area contributed by atoms with Crippen LogP contribution in [0, 0.1) is 0 Å².